The van der Waals surface area contributed by atoms with Crippen molar-refractivity contribution in [2.45, 2.75) is 341 Å². The van der Waals surface area contributed by atoms with Gasteiger partial charge in [0.15, 0.2) is 6.10 Å². The Labute approximate surface area is 448 Å². The van der Waals surface area contributed by atoms with Gasteiger partial charge in [0.05, 0.1) is 27.7 Å². The van der Waals surface area contributed by atoms with Crippen LogP contribution >= 0.6 is 7.82 Å². The molecule has 0 N–H and O–H groups in total. The second-order valence-corrected chi connectivity index (χ2v) is 24.6. The second kappa shape index (κ2) is 54.8. The lowest BCUT2D eigenvalue weighted by atomic mass is 10.0. The van der Waals surface area contributed by atoms with Gasteiger partial charge in [0, 0.05) is 12.8 Å². The van der Waals surface area contributed by atoms with E-state index in [1.165, 1.54) is 270 Å². The standard InChI is InChI=1S/C62H124NO8P/c1-6-8-10-12-14-16-18-20-22-23-24-25-26-27-28-29-30-31-32-33-34-35-36-37-38-39-40-41-43-45-47-49-51-53-55-62(65)71-60(59-70-72(66,67)69-57-56-63(3,4)5)58-68-61(64)54-52-50-48-46-44-42-21-19-17-15-13-11-9-7-2/h60H,6-59H2,1-5H3. The molecule has 0 aromatic heterocycles. The molecule has 2 unspecified atom stereocenters. The maximum Gasteiger partial charge on any atom is 0.306 e. The van der Waals surface area contributed by atoms with Crippen LogP contribution in [-0.4, -0.2) is 70.0 Å². The highest BCUT2D eigenvalue weighted by Crippen LogP contribution is 2.38. The summed E-state index contributed by atoms with van der Waals surface area (Å²) in [6, 6.07) is 0. The maximum absolute atomic E-state index is 12.8. The highest BCUT2D eigenvalue weighted by Gasteiger charge is 2.22. The number of hydrogen-bond acceptors (Lipinski definition) is 8. The third kappa shape index (κ3) is 58.3. The van der Waals surface area contributed by atoms with Gasteiger partial charge in [0.2, 0.25) is 0 Å². The van der Waals surface area contributed by atoms with Gasteiger partial charge in [-0.1, -0.05) is 309 Å². The van der Waals surface area contributed by atoms with Crippen LogP contribution in [-0.2, 0) is 32.7 Å². The van der Waals surface area contributed by atoms with Gasteiger partial charge >= 0.3 is 11.9 Å². The minimum absolute atomic E-state index is 0.0251. The van der Waals surface area contributed by atoms with Crippen LogP contribution in [0.2, 0.25) is 0 Å². The van der Waals surface area contributed by atoms with E-state index >= 15 is 0 Å². The third-order valence-corrected chi connectivity index (χ3v) is 15.6. The van der Waals surface area contributed by atoms with Gasteiger partial charge in [-0.2, -0.15) is 0 Å². The molecule has 0 saturated heterocycles. The molecule has 430 valence electrons. The van der Waals surface area contributed by atoms with Gasteiger partial charge in [-0.3, -0.25) is 14.2 Å². The first-order chi connectivity index (χ1) is 35.0. The Kier molecular flexibility index (Phi) is 54.0. The van der Waals surface area contributed by atoms with Gasteiger partial charge in [-0.15, -0.1) is 0 Å². The fourth-order valence-corrected chi connectivity index (χ4v) is 10.4. The molecule has 0 rings (SSSR count). The summed E-state index contributed by atoms with van der Waals surface area (Å²) in [5.41, 5.74) is 0. The van der Waals surface area contributed by atoms with E-state index in [2.05, 4.69) is 13.8 Å². The summed E-state index contributed by atoms with van der Waals surface area (Å²) in [5, 5.41) is 0. The summed E-state index contributed by atoms with van der Waals surface area (Å²) < 4.78 is 34.2. The fraction of sp³-hybridized carbons (Fsp3) is 0.968. The molecule has 0 radical (unpaired) electrons. The van der Waals surface area contributed by atoms with Gasteiger partial charge in [0.1, 0.15) is 19.8 Å². The first-order valence-electron chi connectivity index (χ1n) is 31.7. The van der Waals surface area contributed by atoms with Crippen LogP contribution in [0.1, 0.15) is 335 Å². The zero-order chi connectivity index (χ0) is 52.7. The summed E-state index contributed by atoms with van der Waals surface area (Å²) in [6.07, 6.45) is 63.3. The number of rotatable bonds is 60. The number of nitrogens with zero attached hydrogens (tertiary/aromatic N) is 1. The highest BCUT2D eigenvalue weighted by molar-refractivity contribution is 7.45. The molecular weight excluding hydrogens is 918 g/mol. The molecule has 10 heteroatoms. The average Bonchev–Trinajstić information content (AvgIpc) is 3.34. The Balaban J connectivity index is 3.91. The van der Waals surface area contributed by atoms with Crippen LogP contribution in [0.25, 0.3) is 0 Å². The van der Waals surface area contributed by atoms with Crippen molar-refractivity contribution in [2.24, 2.45) is 0 Å². The van der Waals surface area contributed by atoms with Crippen molar-refractivity contribution in [3.05, 3.63) is 0 Å². The Hall–Kier alpha value is -0.990. The lowest BCUT2D eigenvalue weighted by Gasteiger charge is -2.28. The number of quaternary nitrogens is 1. The third-order valence-electron chi connectivity index (χ3n) is 14.6. The van der Waals surface area contributed by atoms with Gasteiger partial charge in [0.25, 0.3) is 7.82 Å². The molecule has 0 heterocycles. The number of hydrogen-bond donors (Lipinski definition) is 0. The summed E-state index contributed by atoms with van der Waals surface area (Å²) in [5.74, 6) is -0.810. The lowest BCUT2D eigenvalue weighted by Crippen LogP contribution is -2.37. The summed E-state index contributed by atoms with van der Waals surface area (Å²) >= 11 is 0. The molecule has 0 saturated carbocycles. The highest BCUT2D eigenvalue weighted by atomic mass is 31.2. The molecule has 9 nitrogen and oxygen atoms in total. The first kappa shape index (κ1) is 71.0. The number of phosphoric ester groups is 1. The van der Waals surface area contributed by atoms with E-state index < -0.39 is 26.5 Å². The fourth-order valence-electron chi connectivity index (χ4n) is 9.72. The number of carbonyl (C=O) groups is 2. The molecule has 0 bridgehead atoms. The molecule has 0 aliphatic carbocycles. The van der Waals surface area contributed by atoms with Crippen LogP contribution in [0.5, 0.6) is 0 Å². The normalized spacial score (nSPS) is 13.1. The van der Waals surface area contributed by atoms with Crippen LogP contribution < -0.4 is 4.89 Å². The molecule has 2 atom stereocenters. The minimum atomic E-state index is -4.63. The summed E-state index contributed by atoms with van der Waals surface area (Å²) in [6.45, 7) is 4.31. The molecule has 0 aliphatic rings. The van der Waals surface area contributed by atoms with Crippen molar-refractivity contribution in [2.75, 3.05) is 47.5 Å². The number of esters is 2. The van der Waals surface area contributed by atoms with Crippen LogP contribution in [0.4, 0.5) is 0 Å². The van der Waals surface area contributed by atoms with Crippen molar-refractivity contribution in [3.8, 4) is 0 Å². The van der Waals surface area contributed by atoms with Crippen LogP contribution in [0.15, 0.2) is 0 Å². The largest absolute Gasteiger partial charge is 0.756 e. The molecule has 0 amide bonds. The Bertz CT molecular complexity index is 1180. The predicted octanol–water partition coefficient (Wildman–Crippen LogP) is 19.2. The Morgan fingerprint density at radius 3 is 0.889 bits per heavy atom. The number of unbranched alkanes of at least 4 members (excludes halogenated alkanes) is 46. The van der Waals surface area contributed by atoms with Crippen molar-refractivity contribution >= 4 is 19.8 Å². The first-order valence-corrected chi connectivity index (χ1v) is 33.2. The zero-order valence-corrected chi connectivity index (χ0v) is 49.8. The van der Waals surface area contributed by atoms with E-state index in [1.54, 1.807) is 0 Å². The van der Waals surface area contributed by atoms with Gasteiger partial charge in [-0.25, -0.2) is 0 Å². The minimum Gasteiger partial charge on any atom is -0.756 e. The average molecular weight is 1040 g/mol. The summed E-state index contributed by atoms with van der Waals surface area (Å²) in [7, 11) is 1.19. The number of carbonyl (C=O) groups excluding carboxylic acids is 2. The second-order valence-electron chi connectivity index (χ2n) is 23.1. The molecular formula is C62H124NO8P. The smallest absolute Gasteiger partial charge is 0.306 e. The van der Waals surface area contributed by atoms with Crippen LogP contribution in [0.3, 0.4) is 0 Å². The molecule has 0 spiro atoms. The van der Waals surface area contributed by atoms with E-state index in [0.717, 1.165) is 32.1 Å². The van der Waals surface area contributed by atoms with Crippen molar-refractivity contribution < 1.29 is 42.1 Å². The Morgan fingerprint density at radius 2 is 0.625 bits per heavy atom. The monoisotopic (exact) mass is 1040 g/mol. The number of phosphoric acid groups is 1. The van der Waals surface area contributed by atoms with Crippen molar-refractivity contribution in [1.29, 1.82) is 0 Å². The predicted molar refractivity (Wildman–Crippen MR) is 305 cm³/mol. The maximum atomic E-state index is 12.8. The van der Waals surface area contributed by atoms with Crippen molar-refractivity contribution in [1.82, 2.24) is 0 Å². The molecule has 72 heavy (non-hydrogen) atoms. The topological polar surface area (TPSA) is 111 Å². The van der Waals surface area contributed by atoms with E-state index in [0.29, 0.717) is 17.4 Å². The van der Waals surface area contributed by atoms with E-state index in [1.807, 2.05) is 21.1 Å². The molecule has 0 aliphatic heterocycles. The summed E-state index contributed by atoms with van der Waals surface area (Å²) in [4.78, 5) is 37.8. The van der Waals surface area contributed by atoms with Crippen molar-refractivity contribution in [3.63, 3.8) is 0 Å². The van der Waals surface area contributed by atoms with Gasteiger partial charge < -0.3 is 27.9 Å². The number of likely N-dealkylation sites (N-methyl/N-ethyl adjacent to an activating group) is 1. The molecule has 0 aromatic carbocycles. The van der Waals surface area contributed by atoms with E-state index in [-0.39, 0.29) is 32.0 Å². The molecule has 0 fully saturated rings. The molecule has 0 aromatic rings. The zero-order valence-electron chi connectivity index (χ0n) is 48.9. The Morgan fingerprint density at radius 1 is 0.375 bits per heavy atom. The van der Waals surface area contributed by atoms with E-state index in [9.17, 15) is 19.0 Å². The lowest BCUT2D eigenvalue weighted by molar-refractivity contribution is -0.870. The quantitative estimate of drug-likeness (QED) is 0.0256. The van der Waals surface area contributed by atoms with E-state index in [4.69, 9.17) is 18.5 Å². The van der Waals surface area contributed by atoms with Crippen LogP contribution in [0, 0.1) is 0 Å². The van der Waals surface area contributed by atoms with Gasteiger partial charge in [-0.05, 0) is 12.8 Å². The number of ether oxygens (including phenoxy) is 2. The SMILES string of the molecule is CCCCCCCCCCCCCCCCCCCCCCCCCCCCCCCCCCCCC(=O)OC(COC(=O)CCCCCCCCCCCCCCCC)COP(=O)([O-])OCC[N+](C)(C)C.